The van der Waals surface area contributed by atoms with Crippen molar-refractivity contribution < 1.29 is 14.6 Å². The van der Waals surface area contributed by atoms with E-state index >= 15 is 0 Å². The number of aliphatic hydroxyl groups is 1. The molecule has 1 aromatic heterocycles. The van der Waals surface area contributed by atoms with E-state index in [4.69, 9.17) is 4.74 Å². The summed E-state index contributed by atoms with van der Waals surface area (Å²) in [4.78, 5) is 28.9. The normalized spacial score (nSPS) is 20.0. The minimum atomic E-state index is -1.13. The Labute approximate surface area is 152 Å². The van der Waals surface area contributed by atoms with Gasteiger partial charge in [0, 0.05) is 12.2 Å². The highest BCUT2D eigenvalue weighted by atomic mass is 16.5. The molecule has 1 amide bonds. The summed E-state index contributed by atoms with van der Waals surface area (Å²) in [6.07, 6.45) is 1.20. The minimum Gasteiger partial charge on any atom is -0.491 e. The van der Waals surface area contributed by atoms with Crippen LogP contribution in [0.25, 0.3) is 0 Å². The van der Waals surface area contributed by atoms with E-state index in [1.807, 2.05) is 31.2 Å². The maximum atomic E-state index is 12.7. The van der Waals surface area contributed by atoms with Crippen molar-refractivity contribution in [2.45, 2.75) is 32.3 Å². The van der Waals surface area contributed by atoms with Gasteiger partial charge in [0.25, 0.3) is 11.5 Å². The van der Waals surface area contributed by atoms with Crippen LogP contribution in [0, 0.1) is 13.8 Å². The van der Waals surface area contributed by atoms with Crippen molar-refractivity contribution in [3.05, 3.63) is 63.6 Å². The number of aryl methyl sites for hydroxylation is 2. The van der Waals surface area contributed by atoms with Crippen molar-refractivity contribution in [3.63, 3.8) is 0 Å². The number of carbonyl (C=O) groups excluding carboxylic acids is 1. The van der Waals surface area contributed by atoms with Crippen molar-refractivity contribution >= 4 is 5.91 Å². The second-order valence-corrected chi connectivity index (χ2v) is 7.04. The molecule has 0 aliphatic carbocycles. The quantitative estimate of drug-likeness (QED) is 0.878. The smallest absolute Gasteiger partial charge is 0.260 e. The monoisotopic (exact) mass is 356 g/mol. The van der Waals surface area contributed by atoms with E-state index in [1.54, 1.807) is 13.0 Å². The molecule has 1 aliphatic heterocycles. The molecule has 1 fully saturated rings. The summed E-state index contributed by atoms with van der Waals surface area (Å²) in [5, 5.41) is 10.9. The lowest BCUT2D eigenvalue weighted by atomic mass is 9.93. The van der Waals surface area contributed by atoms with Crippen LogP contribution in [0.4, 0.5) is 0 Å². The Morgan fingerprint density at radius 1 is 1.23 bits per heavy atom. The number of aromatic amines is 1. The number of amides is 1. The summed E-state index contributed by atoms with van der Waals surface area (Å²) in [5.41, 5.74) is 0.400. The maximum absolute atomic E-state index is 12.7. The van der Waals surface area contributed by atoms with Crippen molar-refractivity contribution in [3.8, 4) is 5.75 Å². The van der Waals surface area contributed by atoms with E-state index in [9.17, 15) is 14.7 Å². The van der Waals surface area contributed by atoms with E-state index in [-0.39, 0.29) is 24.6 Å². The number of carbonyl (C=O) groups is 1. The van der Waals surface area contributed by atoms with Gasteiger partial charge in [-0.3, -0.25) is 9.59 Å². The van der Waals surface area contributed by atoms with E-state index in [0.29, 0.717) is 30.8 Å². The van der Waals surface area contributed by atoms with Gasteiger partial charge in [0.1, 0.15) is 23.5 Å². The molecular weight excluding hydrogens is 332 g/mol. The van der Waals surface area contributed by atoms with Gasteiger partial charge in [0.15, 0.2) is 0 Å². The number of β-amino-alcohol motifs (C(OH)–C–C–N with tert-alkyl or cyclic N) is 1. The zero-order valence-corrected chi connectivity index (χ0v) is 15.1. The lowest BCUT2D eigenvalue weighted by Gasteiger charge is -2.38. The number of ether oxygens (including phenoxy) is 1. The molecule has 138 valence electrons. The third-order valence-corrected chi connectivity index (χ3v) is 4.66. The SMILES string of the molecule is Cc1ccc(OC[C@@]2(O)CCCN(C(=O)c3ccc(C)[nH]c3=O)C2)cc1. The van der Waals surface area contributed by atoms with Crippen molar-refractivity contribution in [1.82, 2.24) is 9.88 Å². The number of hydrogen-bond acceptors (Lipinski definition) is 4. The van der Waals surface area contributed by atoms with Crippen LogP contribution in [0.1, 0.15) is 34.5 Å². The highest BCUT2D eigenvalue weighted by molar-refractivity contribution is 5.94. The number of aromatic nitrogens is 1. The number of benzene rings is 1. The van der Waals surface area contributed by atoms with Crippen LogP contribution in [0.15, 0.2) is 41.2 Å². The fraction of sp³-hybridized carbons (Fsp3) is 0.400. The highest BCUT2D eigenvalue weighted by Crippen LogP contribution is 2.24. The average molecular weight is 356 g/mol. The van der Waals surface area contributed by atoms with Gasteiger partial charge in [-0.1, -0.05) is 17.7 Å². The van der Waals surface area contributed by atoms with Gasteiger partial charge in [-0.15, -0.1) is 0 Å². The summed E-state index contributed by atoms with van der Waals surface area (Å²) in [7, 11) is 0. The molecule has 0 unspecified atom stereocenters. The number of likely N-dealkylation sites (tertiary alicyclic amines) is 1. The second-order valence-electron chi connectivity index (χ2n) is 7.04. The predicted octanol–water partition coefficient (Wildman–Crippen LogP) is 2.04. The topological polar surface area (TPSA) is 82.6 Å². The van der Waals surface area contributed by atoms with E-state index in [0.717, 1.165) is 5.56 Å². The lowest BCUT2D eigenvalue weighted by molar-refractivity contribution is -0.0532. The van der Waals surface area contributed by atoms with Crippen LogP contribution in [-0.2, 0) is 0 Å². The minimum absolute atomic E-state index is 0.0966. The zero-order valence-electron chi connectivity index (χ0n) is 15.1. The third-order valence-electron chi connectivity index (χ3n) is 4.66. The third kappa shape index (κ3) is 4.14. The molecule has 0 bridgehead atoms. The molecule has 2 aromatic rings. The molecule has 2 N–H and O–H groups in total. The molecule has 26 heavy (non-hydrogen) atoms. The van der Waals surface area contributed by atoms with Gasteiger partial charge in [-0.2, -0.15) is 0 Å². The van der Waals surface area contributed by atoms with Crippen molar-refractivity contribution in [1.29, 1.82) is 0 Å². The Balaban J connectivity index is 1.68. The van der Waals surface area contributed by atoms with E-state index in [1.165, 1.54) is 11.0 Å². The first-order chi connectivity index (χ1) is 12.4. The van der Waals surface area contributed by atoms with Gasteiger partial charge in [0.2, 0.25) is 0 Å². The van der Waals surface area contributed by atoms with Crippen LogP contribution < -0.4 is 10.3 Å². The van der Waals surface area contributed by atoms with Crippen LogP contribution in [0.2, 0.25) is 0 Å². The molecule has 0 spiro atoms. The van der Waals surface area contributed by atoms with Crippen LogP contribution in [0.5, 0.6) is 5.75 Å². The molecule has 1 aliphatic rings. The summed E-state index contributed by atoms with van der Waals surface area (Å²) in [5.74, 6) is 0.321. The fourth-order valence-corrected chi connectivity index (χ4v) is 3.17. The van der Waals surface area contributed by atoms with Gasteiger partial charge in [-0.25, -0.2) is 0 Å². The maximum Gasteiger partial charge on any atom is 0.260 e. The zero-order chi connectivity index (χ0) is 18.7. The first-order valence-electron chi connectivity index (χ1n) is 8.77. The second kappa shape index (κ2) is 7.33. The number of piperidine rings is 1. The molecule has 1 atom stereocenters. The molecule has 0 saturated carbocycles. The Kier molecular flexibility index (Phi) is 5.13. The molecule has 1 saturated heterocycles. The molecule has 6 heteroatoms. The average Bonchev–Trinajstić information content (AvgIpc) is 2.61. The van der Waals surface area contributed by atoms with Gasteiger partial charge in [-0.05, 0) is 51.0 Å². The van der Waals surface area contributed by atoms with Gasteiger partial charge in [0.05, 0.1) is 6.54 Å². The molecule has 3 rings (SSSR count). The molecule has 1 aromatic carbocycles. The summed E-state index contributed by atoms with van der Waals surface area (Å²) >= 11 is 0. The van der Waals surface area contributed by atoms with Gasteiger partial charge < -0.3 is 19.7 Å². The number of hydrogen-bond donors (Lipinski definition) is 2. The Hall–Kier alpha value is -2.60. The van der Waals surface area contributed by atoms with Crippen molar-refractivity contribution in [2.75, 3.05) is 19.7 Å². The summed E-state index contributed by atoms with van der Waals surface area (Å²) < 4.78 is 5.72. The first kappa shape index (κ1) is 18.2. The largest absolute Gasteiger partial charge is 0.491 e. The molecular formula is C20H24N2O4. The summed E-state index contributed by atoms with van der Waals surface area (Å²) in [6.45, 7) is 4.51. The Bertz CT molecular complexity index is 844. The standard InChI is InChI=1S/C20H24N2O4/c1-14-4-7-16(8-5-14)26-13-20(25)10-3-11-22(12-20)19(24)17-9-6-15(2)21-18(17)23/h4-9,25H,3,10-13H2,1-2H3,(H,21,23)/t20-/m1/s1. The predicted molar refractivity (Wildman–Crippen MR) is 98.6 cm³/mol. The summed E-state index contributed by atoms with van der Waals surface area (Å²) in [6, 6.07) is 10.8. The van der Waals surface area contributed by atoms with E-state index in [2.05, 4.69) is 4.98 Å². The molecule has 2 heterocycles. The van der Waals surface area contributed by atoms with Gasteiger partial charge >= 0.3 is 0 Å². The lowest BCUT2D eigenvalue weighted by Crippen LogP contribution is -2.53. The number of H-pyrrole nitrogens is 1. The molecule has 0 radical (unpaired) electrons. The Morgan fingerprint density at radius 3 is 2.65 bits per heavy atom. The number of pyridine rings is 1. The highest BCUT2D eigenvalue weighted by Gasteiger charge is 2.36. The Morgan fingerprint density at radius 2 is 1.96 bits per heavy atom. The number of nitrogens with zero attached hydrogens (tertiary/aromatic N) is 1. The first-order valence-corrected chi connectivity index (χ1v) is 8.77. The van der Waals surface area contributed by atoms with E-state index < -0.39 is 11.2 Å². The molecule has 6 nitrogen and oxygen atoms in total. The number of rotatable bonds is 4. The number of nitrogens with one attached hydrogen (secondary N) is 1. The van der Waals surface area contributed by atoms with Crippen LogP contribution in [0.3, 0.4) is 0 Å². The van der Waals surface area contributed by atoms with Crippen LogP contribution in [-0.4, -0.2) is 46.2 Å². The van der Waals surface area contributed by atoms with Crippen LogP contribution >= 0.6 is 0 Å². The van der Waals surface area contributed by atoms with Crippen molar-refractivity contribution in [2.24, 2.45) is 0 Å². The fourth-order valence-electron chi connectivity index (χ4n) is 3.17.